The van der Waals surface area contributed by atoms with Crippen molar-refractivity contribution in [1.29, 1.82) is 0 Å². The second-order valence-electron chi connectivity index (χ2n) is 5.90. The smallest absolute Gasteiger partial charge is 0.325 e. The number of halogens is 2. The van der Waals surface area contributed by atoms with Crippen molar-refractivity contribution in [2.24, 2.45) is 0 Å². The van der Waals surface area contributed by atoms with E-state index >= 15 is 0 Å². The van der Waals surface area contributed by atoms with Crippen LogP contribution < -0.4 is 5.32 Å². The lowest BCUT2D eigenvalue weighted by molar-refractivity contribution is -0.152. The lowest BCUT2D eigenvalue weighted by atomic mass is 10.0. The van der Waals surface area contributed by atoms with Crippen LogP contribution in [0.2, 0.25) is 10.0 Å². The van der Waals surface area contributed by atoms with Gasteiger partial charge in [-0.3, -0.25) is 14.4 Å². The fraction of sp³-hybridized carbons (Fsp3) is 0.471. The quantitative estimate of drug-likeness (QED) is 0.789. The van der Waals surface area contributed by atoms with Crippen LogP contribution in [0.4, 0.5) is 0 Å². The Labute approximate surface area is 156 Å². The standard InChI is InChI=1S/C17H20Cl2N2O4/c1-11-4-2-3-7-21(11)15(22)10-25-16(23)9-20-17(24)13-6-5-12(18)8-14(13)19/h5-6,8,11H,2-4,7,9-10H2,1H3,(H,20,24)/t11-/m1/s1. The van der Waals surface area contributed by atoms with Gasteiger partial charge in [-0.15, -0.1) is 0 Å². The number of benzene rings is 1. The van der Waals surface area contributed by atoms with Gasteiger partial charge in [-0.25, -0.2) is 0 Å². The molecule has 2 rings (SSSR count). The van der Waals surface area contributed by atoms with Crippen molar-refractivity contribution in [1.82, 2.24) is 10.2 Å². The molecule has 1 fully saturated rings. The second kappa shape index (κ2) is 9.06. The summed E-state index contributed by atoms with van der Waals surface area (Å²) in [6, 6.07) is 4.59. The molecule has 0 aliphatic carbocycles. The average Bonchev–Trinajstić information content (AvgIpc) is 2.58. The van der Waals surface area contributed by atoms with E-state index in [-0.39, 0.29) is 35.7 Å². The molecule has 6 nitrogen and oxygen atoms in total. The normalized spacial score (nSPS) is 17.1. The van der Waals surface area contributed by atoms with E-state index in [4.69, 9.17) is 27.9 Å². The van der Waals surface area contributed by atoms with E-state index in [1.807, 2.05) is 6.92 Å². The monoisotopic (exact) mass is 386 g/mol. The predicted octanol–water partition coefficient (Wildman–Crippen LogP) is 2.67. The topological polar surface area (TPSA) is 75.7 Å². The highest BCUT2D eigenvalue weighted by Crippen LogP contribution is 2.20. The Hall–Kier alpha value is -1.79. The number of carbonyl (C=O) groups is 3. The van der Waals surface area contributed by atoms with Crippen molar-refractivity contribution in [3.63, 3.8) is 0 Å². The third-order valence-corrected chi connectivity index (χ3v) is 4.60. The van der Waals surface area contributed by atoms with Crippen LogP contribution in [0.1, 0.15) is 36.5 Å². The molecule has 25 heavy (non-hydrogen) atoms. The van der Waals surface area contributed by atoms with Crippen molar-refractivity contribution in [2.75, 3.05) is 19.7 Å². The molecule has 1 atom stereocenters. The molecule has 1 aliphatic heterocycles. The van der Waals surface area contributed by atoms with Crippen LogP contribution in [0.5, 0.6) is 0 Å². The molecule has 0 radical (unpaired) electrons. The molecule has 0 saturated carbocycles. The number of likely N-dealkylation sites (tertiary alicyclic amines) is 1. The first-order chi connectivity index (χ1) is 11.9. The Kier molecular flexibility index (Phi) is 7.08. The van der Waals surface area contributed by atoms with Crippen LogP contribution in [-0.2, 0) is 14.3 Å². The van der Waals surface area contributed by atoms with Gasteiger partial charge in [-0.1, -0.05) is 23.2 Å². The number of nitrogens with zero attached hydrogens (tertiary/aromatic N) is 1. The highest BCUT2D eigenvalue weighted by atomic mass is 35.5. The zero-order chi connectivity index (χ0) is 18.4. The summed E-state index contributed by atoms with van der Waals surface area (Å²) in [5.41, 5.74) is 0.206. The molecule has 1 N–H and O–H groups in total. The fourth-order valence-corrected chi connectivity index (χ4v) is 3.16. The summed E-state index contributed by atoms with van der Waals surface area (Å²) in [4.78, 5) is 37.5. The summed E-state index contributed by atoms with van der Waals surface area (Å²) >= 11 is 11.7. The molecular weight excluding hydrogens is 367 g/mol. The SMILES string of the molecule is C[C@@H]1CCCCN1C(=O)COC(=O)CNC(=O)c1ccc(Cl)cc1Cl. The van der Waals surface area contributed by atoms with Gasteiger partial charge in [0, 0.05) is 17.6 Å². The van der Waals surface area contributed by atoms with E-state index < -0.39 is 11.9 Å². The highest BCUT2D eigenvalue weighted by molar-refractivity contribution is 6.36. The average molecular weight is 387 g/mol. The minimum Gasteiger partial charge on any atom is -0.454 e. The Morgan fingerprint density at radius 2 is 2.04 bits per heavy atom. The van der Waals surface area contributed by atoms with Crippen LogP contribution in [0.25, 0.3) is 0 Å². The van der Waals surface area contributed by atoms with Gasteiger partial charge in [0.25, 0.3) is 11.8 Å². The summed E-state index contributed by atoms with van der Waals surface area (Å²) in [5, 5.41) is 3.00. The maximum atomic E-state index is 12.1. The molecule has 1 aromatic carbocycles. The van der Waals surface area contributed by atoms with Gasteiger partial charge < -0.3 is 15.0 Å². The van der Waals surface area contributed by atoms with Gasteiger partial charge in [-0.2, -0.15) is 0 Å². The summed E-state index contributed by atoms with van der Waals surface area (Å²) in [7, 11) is 0. The maximum Gasteiger partial charge on any atom is 0.325 e. The van der Waals surface area contributed by atoms with Crippen LogP contribution in [0.15, 0.2) is 18.2 Å². The number of ether oxygens (including phenoxy) is 1. The first-order valence-electron chi connectivity index (χ1n) is 8.07. The highest BCUT2D eigenvalue weighted by Gasteiger charge is 2.24. The minimum atomic E-state index is -0.684. The van der Waals surface area contributed by atoms with Crippen molar-refractivity contribution < 1.29 is 19.1 Å². The molecule has 1 aromatic rings. The molecule has 2 amide bonds. The number of hydrogen-bond donors (Lipinski definition) is 1. The minimum absolute atomic E-state index is 0.159. The number of amides is 2. The van der Waals surface area contributed by atoms with Crippen molar-refractivity contribution in [3.05, 3.63) is 33.8 Å². The molecule has 1 heterocycles. The maximum absolute atomic E-state index is 12.1. The number of nitrogens with one attached hydrogen (secondary N) is 1. The van der Waals surface area contributed by atoms with Gasteiger partial charge in [0.15, 0.2) is 6.61 Å². The fourth-order valence-electron chi connectivity index (χ4n) is 2.67. The molecule has 0 bridgehead atoms. The van der Waals surface area contributed by atoms with E-state index in [9.17, 15) is 14.4 Å². The molecule has 0 spiro atoms. The van der Waals surface area contributed by atoms with E-state index in [1.54, 1.807) is 4.90 Å². The van der Waals surface area contributed by atoms with E-state index in [0.717, 1.165) is 19.3 Å². The number of esters is 1. The summed E-state index contributed by atoms with van der Waals surface area (Å²) in [6.07, 6.45) is 3.02. The molecule has 1 saturated heterocycles. The third kappa shape index (κ3) is 5.61. The number of hydrogen-bond acceptors (Lipinski definition) is 4. The number of piperidine rings is 1. The van der Waals surface area contributed by atoms with Crippen LogP contribution >= 0.6 is 23.2 Å². The van der Waals surface area contributed by atoms with E-state index in [1.165, 1.54) is 18.2 Å². The zero-order valence-electron chi connectivity index (χ0n) is 13.9. The Morgan fingerprint density at radius 3 is 2.72 bits per heavy atom. The predicted molar refractivity (Wildman–Crippen MR) is 94.8 cm³/mol. The zero-order valence-corrected chi connectivity index (χ0v) is 15.4. The second-order valence-corrected chi connectivity index (χ2v) is 6.74. The van der Waals surface area contributed by atoms with Crippen molar-refractivity contribution in [2.45, 2.75) is 32.2 Å². The van der Waals surface area contributed by atoms with E-state index in [0.29, 0.717) is 11.6 Å². The molecule has 0 aromatic heterocycles. The van der Waals surface area contributed by atoms with Crippen molar-refractivity contribution in [3.8, 4) is 0 Å². The summed E-state index contributed by atoms with van der Waals surface area (Å²) in [5.74, 6) is -1.42. The van der Waals surface area contributed by atoms with Gasteiger partial charge in [-0.05, 0) is 44.4 Å². The molecule has 8 heteroatoms. The van der Waals surface area contributed by atoms with E-state index in [2.05, 4.69) is 5.32 Å². The Bertz CT molecular complexity index is 666. The van der Waals surface area contributed by atoms with Crippen LogP contribution in [0, 0.1) is 0 Å². The van der Waals surface area contributed by atoms with Gasteiger partial charge >= 0.3 is 5.97 Å². The summed E-state index contributed by atoms with van der Waals surface area (Å²) in [6.45, 7) is 2.00. The van der Waals surface area contributed by atoms with Gasteiger partial charge in [0.1, 0.15) is 6.54 Å². The lowest BCUT2D eigenvalue weighted by Gasteiger charge is -2.33. The number of rotatable bonds is 5. The Morgan fingerprint density at radius 1 is 1.28 bits per heavy atom. The third-order valence-electron chi connectivity index (χ3n) is 4.05. The van der Waals surface area contributed by atoms with Crippen LogP contribution in [-0.4, -0.2) is 48.4 Å². The van der Waals surface area contributed by atoms with Gasteiger partial charge in [0.2, 0.25) is 0 Å². The first kappa shape index (κ1) is 19.5. The largest absolute Gasteiger partial charge is 0.454 e. The Balaban J connectivity index is 1.76. The van der Waals surface area contributed by atoms with Gasteiger partial charge in [0.05, 0.1) is 10.6 Å². The summed E-state index contributed by atoms with van der Waals surface area (Å²) < 4.78 is 4.94. The molecule has 136 valence electrons. The molecule has 1 aliphatic rings. The number of carbonyl (C=O) groups excluding carboxylic acids is 3. The molecule has 0 unspecified atom stereocenters. The van der Waals surface area contributed by atoms with Crippen molar-refractivity contribution >= 4 is 41.0 Å². The first-order valence-corrected chi connectivity index (χ1v) is 8.82. The molecular formula is C17H20Cl2N2O4. The lowest BCUT2D eigenvalue weighted by Crippen LogP contribution is -2.44. The van der Waals surface area contributed by atoms with Crippen LogP contribution in [0.3, 0.4) is 0 Å².